The molecule has 1 heteroatoms. The van der Waals surface area contributed by atoms with Gasteiger partial charge in [-0.2, -0.15) is 0 Å². The molecule has 0 spiro atoms. The lowest BCUT2D eigenvalue weighted by Crippen LogP contribution is -2.57. The Balaban J connectivity index is 2.22. The fourth-order valence-electron chi connectivity index (χ4n) is 5.84. The second-order valence-corrected chi connectivity index (χ2v) is 9.36. The monoisotopic (exact) mass is 293 g/mol. The first-order valence-electron chi connectivity index (χ1n) is 9.48. The molecular formula is C20H39N. The van der Waals surface area contributed by atoms with Crippen LogP contribution >= 0.6 is 0 Å². The van der Waals surface area contributed by atoms with Crippen molar-refractivity contribution in [3.8, 4) is 0 Å². The predicted octanol–water partition coefficient (Wildman–Crippen LogP) is 5.63. The summed E-state index contributed by atoms with van der Waals surface area (Å²) in [6.45, 7) is 14.8. The molecule has 1 unspecified atom stereocenters. The lowest BCUT2D eigenvalue weighted by molar-refractivity contribution is -0.104. The van der Waals surface area contributed by atoms with Gasteiger partial charge in [0.05, 0.1) is 0 Å². The number of fused-ring (bicyclic) bond motifs is 1. The van der Waals surface area contributed by atoms with Crippen LogP contribution in [0, 0.1) is 34.5 Å². The third kappa shape index (κ3) is 3.19. The molecule has 2 rings (SSSR count). The van der Waals surface area contributed by atoms with E-state index in [-0.39, 0.29) is 0 Å². The molecular weight excluding hydrogens is 254 g/mol. The SMILES string of the molecule is CC[C@@H](C)CC[C@H]1[C@@H](C)C(N)C[C@H]2C(C)(C)CCC[C@]12C. The molecule has 21 heavy (non-hydrogen) atoms. The standard InChI is InChI=1S/C20H39N/c1-7-14(2)9-10-16-15(3)17(21)13-18-19(4,5)11-8-12-20(16,18)6/h14-18H,7-13,21H2,1-6H3/t14-,15-,16+,17?,18+,20-/m1/s1. The molecule has 2 N–H and O–H groups in total. The highest BCUT2D eigenvalue weighted by atomic mass is 14.7. The minimum Gasteiger partial charge on any atom is -0.327 e. The first-order chi connectivity index (χ1) is 9.72. The Morgan fingerprint density at radius 3 is 2.48 bits per heavy atom. The molecule has 1 nitrogen and oxygen atoms in total. The maximum absolute atomic E-state index is 6.59. The van der Waals surface area contributed by atoms with E-state index in [0.29, 0.717) is 22.8 Å². The largest absolute Gasteiger partial charge is 0.327 e. The van der Waals surface area contributed by atoms with Gasteiger partial charge >= 0.3 is 0 Å². The van der Waals surface area contributed by atoms with Gasteiger partial charge < -0.3 is 5.73 Å². The van der Waals surface area contributed by atoms with E-state index in [9.17, 15) is 0 Å². The van der Waals surface area contributed by atoms with Gasteiger partial charge in [-0.05, 0) is 60.2 Å². The maximum atomic E-state index is 6.59. The summed E-state index contributed by atoms with van der Waals surface area (Å²) in [4.78, 5) is 0. The summed E-state index contributed by atoms with van der Waals surface area (Å²) in [5.74, 6) is 3.23. The zero-order valence-electron chi connectivity index (χ0n) is 15.4. The molecule has 2 aliphatic carbocycles. The highest BCUT2D eigenvalue weighted by Crippen LogP contribution is 2.61. The van der Waals surface area contributed by atoms with Crippen LogP contribution in [0.2, 0.25) is 0 Å². The first kappa shape index (κ1) is 17.3. The number of nitrogens with two attached hydrogens (primary N) is 1. The Morgan fingerprint density at radius 1 is 1.19 bits per heavy atom. The van der Waals surface area contributed by atoms with Gasteiger partial charge in [0.1, 0.15) is 0 Å². The topological polar surface area (TPSA) is 26.0 Å². The molecule has 2 aliphatic rings. The molecule has 0 aromatic carbocycles. The van der Waals surface area contributed by atoms with E-state index in [1.807, 2.05) is 0 Å². The fourth-order valence-corrected chi connectivity index (χ4v) is 5.84. The van der Waals surface area contributed by atoms with Crippen LogP contribution < -0.4 is 5.73 Å². The van der Waals surface area contributed by atoms with Crippen LogP contribution in [0.4, 0.5) is 0 Å². The van der Waals surface area contributed by atoms with Gasteiger partial charge in [0.25, 0.3) is 0 Å². The maximum Gasteiger partial charge on any atom is 0.00704 e. The highest BCUT2D eigenvalue weighted by Gasteiger charge is 2.55. The average Bonchev–Trinajstić information content (AvgIpc) is 2.41. The summed E-state index contributed by atoms with van der Waals surface area (Å²) in [6.07, 6.45) is 9.61. The average molecular weight is 294 g/mol. The van der Waals surface area contributed by atoms with E-state index in [1.54, 1.807) is 0 Å². The van der Waals surface area contributed by atoms with Crippen molar-refractivity contribution in [2.24, 2.45) is 40.2 Å². The zero-order chi connectivity index (χ0) is 15.8. The Hall–Kier alpha value is -0.0400. The summed E-state index contributed by atoms with van der Waals surface area (Å²) in [6, 6.07) is 0.419. The predicted molar refractivity (Wildman–Crippen MR) is 93.2 cm³/mol. The van der Waals surface area contributed by atoms with Gasteiger partial charge in [-0.25, -0.2) is 0 Å². The second kappa shape index (κ2) is 6.22. The van der Waals surface area contributed by atoms with Crippen molar-refractivity contribution in [3.63, 3.8) is 0 Å². The first-order valence-corrected chi connectivity index (χ1v) is 9.48. The van der Waals surface area contributed by atoms with Crippen molar-refractivity contribution in [1.29, 1.82) is 0 Å². The van der Waals surface area contributed by atoms with Crippen molar-refractivity contribution in [2.45, 2.75) is 92.5 Å². The van der Waals surface area contributed by atoms with Gasteiger partial charge in [-0.1, -0.05) is 60.8 Å². The van der Waals surface area contributed by atoms with Crippen LogP contribution in [-0.4, -0.2) is 6.04 Å². The summed E-state index contributed by atoms with van der Waals surface area (Å²) < 4.78 is 0. The smallest absolute Gasteiger partial charge is 0.00704 e. The summed E-state index contributed by atoms with van der Waals surface area (Å²) in [7, 11) is 0. The third-order valence-electron chi connectivity index (χ3n) is 7.61. The Bertz CT molecular complexity index is 348. The Morgan fingerprint density at radius 2 is 1.86 bits per heavy atom. The number of hydrogen-bond donors (Lipinski definition) is 1. The number of hydrogen-bond acceptors (Lipinski definition) is 1. The van der Waals surface area contributed by atoms with Crippen molar-refractivity contribution >= 4 is 0 Å². The molecule has 0 aromatic rings. The van der Waals surface area contributed by atoms with E-state index >= 15 is 0 Å². The van der Waals surface area contributed by atoms with Crippen LogP contribution in [0.1, 0.15) is 86.5 Å². The highest BCUT2D eigenvalue weighted by molar-refractivity contribution is 5.05. The second-order valence-electron chi connectivity index (χ2n) is 9.36. The van der Waals surface area contributed by atoms with E-state index in [1.165, 1.54) is 44.9 Å². The minimum atomic E-state index is 0.419. The molecule has 0 radical (unpaired) electrons. The molecule has 0 aliphatic heterocycles. The molecule has 0 bridgehead atoms. The van der Waals surface area contributed by atoms with Crippen LogP contribution in [0.15, 0.2) is 0 Å². The molecule has 2 fully saturated rings. The fraction of sp³-hybridized carbons (Fsp3) is 1.00. The van der Waals surface area contributed by atoms with Gasteiger partial charge in [0.15, 0.2) is 0 Å². The lowest BCUT2D eigenvalue weighted by atomic mass is 9.45. The molecule has 6 atom stereocenters. The lowest BCUT2D eigenvalue weighted by Gasteiger charge is -2.61. The molecule has 0 aromatic heterocycles. The quantitative estimate of drug-likeness (QED) is 0.714. The Kier molecular flexibility index (Phi) is 5.13. The van der Waals surface area contributed by atoms with E-state index in [2.05, 4.69) is 41.5 Å². The van der Waals surface area contributed by atoms with Crippen LogP contribution in [-0.2, 0) is 0 Å². The normalized spacial score (nSPS) is 44.1. The summed E-state index contributed by atoms with van der Waals surface area (Å²) in [5.41, 5.74) is 7.61. The summed E-state index contributed by atoms with van der Waals surface area (Å²) >= 11 is 0. The minimum absolute atomic E-state index is 0.419. The van der Waals surface area contributed by atoms with Gasteiger partial charge in [-0.3, -0.25) is 0 Å². The molecule has 2 saturated carbocycles. The summed E-state index contributed by atoms with van der Waals surface area (Å²) in [5, 5.41) is 0. The number of rotatable bonds is 4. The van der Waals surface area contributed by atoms with Crippen molar-refractivity contribution < 1.29 is 0 Å². The van der Waals surface area contributed by atoms with Crippen molar-refractivity contribution in [2.75, 3.05) is 0 Å². The van der Waals surface area contributed by atoms with Crippen LogP contribution in [0.5, 0.6) is 0 Å². The van der Waals surface area contributed by atoms with E-state index in [4.69, 9.17) is 5.73 Å². The van der Waals surface area contributed by atoms with Crippen molar-refractivity contribution in [3.05, 3.63) is 0 Å². The molecule has 0 saturated heterocycles. The zero-order valence-corrected chi connectivity index (χ0v) is 15.4. The van der Waals surface area contributed by atoms with Gasteiger partial charge in [-0.15, -0.1) is 0 Å². The third-order valence-corrected chi connectivity index (χ3v) is 7.61. The molecule has 124 valence electrons. The molecule has 0 amide bonds. The van der Waals surface area contributed by atoms with E-state index in [0.717, 1.165) is 17.8 Å². The molecule has 0 heterocycles. The van der Waals surface area contributed by atoms with Gasteiger partial charge in [0.2, 0.25) is 0 Å². The van der Waals surface area contributed by atoms with Crippen LogP contribution in [0.25, 0.3) is 0 Å². The van der Waals surface area contributed by atoms with Crippen molar-refractivity contribution in [1.82, 2.24) is 0 Å². The van der Waals surface area contributed by atoms with Crippen LogP contribution in [0.3, 0.4) is 0 Å². The Labute approximate surface area is 133 Å². The van der Waals surface area contributed by atoms with Gasteiger partial charge in [0, 0.05) is 6.04 Å². The van der Waals surface area contributed by atoms with E-state index < -0.39 is 0 Å².